The van der Waals surface area contributed by atoms with Gasteiger partial charge < -0.3 is 9.84 Å². The monoisotopic (exact) mass is 370 g/mol. The molecule has 0 spiro atoms. The summed E-state index contributed by atoms with van der Waals surface area (Å²) < 4.78 is 18.6. The average Bonchev–Trinajstić information content (AvgIpc) is 3.01. The van der Waals surface area contributed by atoms with Gasteiger partial charge in [-0.1, -0.05) is 24.3 Å². The van der Waals surface area contributed by atoms with Crippen molar-refractivity contribution in [1.82, 2.24) is 9.80 Å². The van der Waals surface area contributed by atoms with Crippen LogP contribution in [0.3, 0.4) is 0 Å². The summed E-state index contributed by atoms with van der Waals surface area (Å²) >= 11 is 0. The first-order valence-corrected chi connectivity index (χ1v) is 9.80. The van der Waals surface area contributed by atoms with Gasteiger partial charge in [-0.3, -0.25) is 9.80 Å². The maximum absolute atomic E-state index is 12.9. The molecule has 2 aromatic carbocycles. The van der Waals surface area contributed by atoms with E-state index in [0.29, 0.717) is 18.3 Å². The molecular formula is C22H27FN2O2. The van der Waals surface area contributed by atoms with Gasteiger partial charge in [-0.05, 0) is 67.2 Å². The lowest BCUT2D eigenvalue weighted by molar-refractivity contribution is -0.00413. The third-order valence-corrected chi connectivity index (χ3v) is 5.74. The van der Waals surface area contributed by atoms with Gasteiger partial charge in [-0.2, -0.15) is 0 Å². The lowest BCUT2D eigenvalue weighted by Gasteiger charge is -2.34. The first-order chi connectivity index (χ1) is 13.2. The molecule has 0 radical (unpaired) electrons. The molecule has 0 aliphatic carbocycles. The predicted molar refractivity (Wildman–Crippen MR) is 103 cm³/mol. The van der Waals surface area contributed by atoms with Crippen molar-refractivity contribution in [3.8, 4) is 5.75 Å². The van der Waals surface area contributed by atoms with Crippen LogP contribution < -0.4 is 4.74 Å². The zero-order valence-corrected chi connectivity index (χ0v) is 15.6. The van der Waals surface area contributed by atoms with Crippen molar-refractivity contribution in [2.75, 3.05) is 32.8 Å². The van der Waals surface area contributed by atoms with E-state index in [1.54, 1.807) is 12.1 Å². The molecule has 0 aromatic heterocycles. The fraction of sp³-hybridized carbons (Fsp3) is 0.455. The fourth-order valence-corrected chi connectivity index (χ4v) is 4.14. The van der Waals surface area contributed by atoms with E-state index in [-0.39, 0.29) is 5.82 Å². The molecule has 27 heavy (non-hydrogen) atoms. The number of hydrogen-bond donors (Lipinski definition) is 1. The van der Waals surface area contributed by atoms with Crippen molar-refractivity contribution >= 4 is 0 Å². The highest BCUT2D eigenvalue weighted by Gasteiger charge is 2.30. The van der Waals surface area contributed by atoms with Crippen LogP contribution in [0.25, 0.3) is 0 Å². The fourth-order valence-electron chi connectivity index (χ4n) is 4.14. The number of nitrogens with zero attached hydrogens (tertiary/aromatic N) is 2. The smallest absolute Gasteiger partial charge is 0.134 e. The highest BCUT2D eigenvalue weighted by Crippen LogP contribution is 2.33. The molecule has 1 N–H and O–H groups in total. The van der Waals surface area contributed by atoms with Crippen LogP contribution >= 0.6 is 0 Å². The summed E-state index contributed by atoms with van der Waals surface area (Å²) in [4.78, 5) is 4.62. The Balaban J connectivity index is 1.18. The van der Waals surface area contributed by atoms with Gasteiger partial charge >= 0.3 is 0 Å². The topological polar surface area (TPSA) is 35.9 Å². The number of halogens is 1. The van der Waals surface area contributed by atoms with E-state index in [4.69, 9.17) is 4.74 Å². The SMILES string of the molecule is OC1c2ccccc2CN1CC1CCN(CCOc2ccc(F)cc2)CC1. The predicted octanol–water partition coefficient (Wildman–Crippen LogP) is 3.42. The van der Waals surface area contributed by atoms with Crippen molar-refractivity contribution in [2.45, 2.75) is 25.6 Å². The molecule has 1 fully saturated rings. The van der Waals surface area contributed by atoms with Gasteiger partial charge in [0, 0.05) is 19.6 Å². The summed E-state index contributed by atoms with van der Waals surface area (Å²) in [5.41, 5.74) is 2.31. The third-order valence-electron chi connectivity index (χ3n) is 5.74. The summed E-state index contributed by atoms with van der Waals surface area (Å²) in [6.45, 7) is 5.44. The number of likely N-dealkylation sites (tertiary alicyclic amines) is 1. The minimum absolute atomic E-state index is 0.240. The first-order valence-electron chi connectivity index (χ1n) is 9.80. The van der Waals surface area contributed by atoms with Gasteiger partial charge in [-0.15, -0.1) is 0 Å². The number of fused-ring (bicyclic) bond motifs is 1. The summed E-state index contributed by atoms with van der Waals surface area (Å²) in [7, 11) is 0. The van der Waals surface area contributed by atoms with Crippen LogP contribution in [0.5, 0.6) is 5.75 Å². The number of hydrogen-bond acceptors (Lipinski definition) is 4. The van der Waals surface area contributed by atoms with Gasteiger partial charge in [-0.25, -0.2) is 4.39 Å². The Bertz CT molecular complexity index is 744. The highest BCUT2D eigenvalue weighted by atomic mass is 19.1. The number of benzene rings is 2. The lowest BCUT2D eigenvalue weighted by Crippen LogP contribution is -2.40. The molecule has 4 rings (SSSR count). The number of rotatable bonds is 6. The second-order valence-corrected chi connectivity index (χ2v) is 7.59. The maximum atomic E-state index is 12.9. The normalized spacial score (nSPS) is 21.3. The number of piperidine rings is 1. The summed E-state index contributed by atoms with van der Waals surface area (Å²) in [5, 5.41) is 10.5. The van der Waals surface area contributed by atoms with Crippen LogP contribution in [-0.4, -0.2) is 47.7 Å². The highest BCUT2D eigenvalue weighted by molar-refractivity contribution is 5.32. The minimum Gasteiger partial charge on any atom is -0.492 e. The van der Waals surface area contributed by atoms with Gasteiger partial charge in [0.15, 0.2) is 0 Å². The lowest BCUT2D eigenvalue weighted by atomic mass is 9.96. The van der Waals surface area contributed by atoms with Gasteiger partial charge in [0.2, 0.25) is 0 Å². The summed E-state index contributed by atoms with van der Waals surface area (Å²) in [6, 6.07) is 14.4. The molecule has 0 amide bonds. The molecule has 1 unspecified atom stereocenters. The zero-order chi connectivity index (χ0) is 18.6. The van der Waals surface area contributed by atoms with E-state index in [0.717, 1.165) is 51.1 Å². The van der Waals surface area contributed by atoms with Gasteiger partial charge in [0.25, 0.3) is 0 Å². The number of aliphatic hydroxyl groups excluding tert-OH is 1. The number of aliphatic hydroxyl groups is 1. The first kappa shape index (κ1) is 18.4. The summed E-state index contributed by atoms with van der Waals surface area (Å²) in [6.07, 6.45) is 1.84. The average molecular weight is 370 g/mol. The van der Waals surface area contributed by atoms with Crippen molar-refractivity contribution < 1.29 is 14.2 Å². The Hall–Kier alpha value is -1.95. The van der Waals surface area contributed by atoms with Crippen molar-refractivity contribution in [3.05, 3.63) is 65.5 Å². The Kier molecular flexibility index (Phi) is 5.72. The van der Waals surface area contributed by atoms with Crippen molar-refractivity contribution in [1.29, 1.82) is 0 Å². The third kappa shape index (κ3) is 4.49. The van der Waals surface area contributed by atoms with Crippen molar-refractivity contribution in [3.63, 3.8) is 0 Å². The molecule has 4 nitrogen and oxygen atoms in total. The second-order valence-electron chi connectivity index (χ2n) is 7.59. The van der Waals surface area contributed by atoms with Crippen molar-refractivity contribution in [2.24, 2.45) is 5.92 Å². The molecular weight excluding hydrogens is 343 g/mol. The van der Waals surface area contributed by atoms with E-state index in [2.05, 4.69) is 15.9 Å². The quantitative estimate of drug-likeness (QED) is 0.845. The maximum Gasteiger partial charge on any atom is 0.134 e. The second kappa shape index (κ2) is 8.38. The molecule has 5 heteroatoms. The molecule has 144 valence electrons. The molecule has 2 aliphatic heterocycles. The van der Waals surface area contributed by atoms with E-state index in [1.807, 2.05) is 18.2 Å². The van der Waals surface area contributed by atoms with Crippen LogP contribution in [-0.2, 0) is 6.54 Å². The van der Waals surface area contributed by atoms with Crippen LogP contribution in [0.2, 0.25) is 0 Å². The van der Waals surface area contributed by atoms with E-state index >= 15 is 0 Å². The van der Waals surface area contributed by atoms with Crippen LogP contribution in [0.15, 0.2) is 48.5 Å². The van der Waals surface area contributed by atoms with Gasteiger partial charge in [0.1, 0.15) is 24.4 Å². The Morgan fingerprint density at radius 2 is 1.78 bits per heavy atom. The molecule has 2 heterocycles. The van der Waals surface area contributed by atoms with E-state index in [1.165, 1.54) is 17.7 Å². The largest absolute Gasteiger partial charge is 0.492 e. The van der Waals surface area contributed by atoms with Gasteiger partial charge in [0.05, 0.1) is 0 Å². The molecule has 0 bridgehead atoms. The molecule has 0 saturated carbocycles. The Labute approximate surface area is 160 Å². The molecule has 1 saturated heterocycles. The Morgan fingerprint density at radius 1 is 1.04 bits per heavy atom. The standard InChI is InChI=1S/C22H27FN2O2/c23-19-5-7-20(8-6-19)27-14-13-24-11-9-17(10-12-24)15-25-16-18-3-1-2-4-21(18)22(25)26/h1-8,17,22,26H,9-16H2. The van der Waals surface area contributed by atoms with Crippen LogP contribution in [0.1, 0.15) is 30.2 Å². The van der Waals surface area contributed by atoms with Crippen LogP contribution in [0.4, 0.5) is 4.39 Å². The Morgan fingerprint density at radius 3 is 2.52 bits per heavy atom. The number of ether oxygens (including phenoxy) is 1. The zero-order valence-electron chi connectivity index (χ0n) is 15.6. The molecule has 2 aromatic rings. The molecule has 1 atom stereocenters. The summed E-state index contributed by atoms with van der Waals surface area (Å²) in [5.74, 6) is 1.10. The van der Waals surface area contributed by atoms with E-state index in [9.17, 15) is 9.50 Å². The molecule has 2 aliphatic rings. The van der Waals surface area contributed by atoms with E-state index < -0.39 is 6.23 Å². The van der Waals surface area contributed by atoms with Crippen LogP contribution in [0, 0.1) is 11.7 Å². The minimum atomic E-state index is -0.455.